The highest BCUT2D eigenvalue weighted by atomic mass is 19.4. The maximum Gasteiger partial charge on any atom is 0.422 e. The summed E-state index contributed by atoms with van der Waals surface area (Å²) in [5.41, 5.74) is 8.69. The van der Waals surface area contributed by atoms with Gasteiger partial charge >= 0.3 is 6.18 Å². The van der Waals surface area contributed by atoms with Gasteiger partial charge in [0.2, 0.25) is 11.8 Å². The Morgan fingerprint density at radius 3 is 2.59 bits per heavy atom. The summed E-state index contributed by atoms with van der Waals surface area (Å²) in [5.74, 6) is -0.364. The van der Waals surface area contributed by atoms with Gasteiger partial charge in [-0.25, -0.2) is 9.50 Å². The van der Waals surface area contributed by atoms with E-state index in [1.165, 1.54) is 16.8 Å². The fourth-order valence-corrected chi connectivity index (χ4v) is 3.79. The lowest BCUT2D eigenvalue weighted by atomic mass is 10.1. The summed E-state index contributed by atoms with van der Waals surface area (Å²) in [5, 5.41) is 11.6. The maximum atomic E-state index is 13.0. The number of nitrogens with one attached hydrogen (secondary N) is 1. The van der Waals surface area contributed by atoms with Crippen molar-refractivity contribution in [1.82, 2.24) is 34.7 Å². The first-order chi connectivity index (χ1) is 17.6. The van der Waals surface area contributed by atoms with Gasteiger partial charge in [-0.15, -0.1) is 5.10 Å². The van der Waals surface area contributed by atoms with Crippen LogP contribution in [-0.4, -0.2) is 54.1 Å². The second-order valence-electron chi connectivity index (χ2n) is 8.62. The highest BCUT2D eigenvalue weighted by molar-refractivity contribution is 5.95. The fraction of sp³-hybridized carbons (Fsp3) is 0.375. The molecular weight excluding hydrogens is 489 g/mol. The second kappa shape index (κ2) is 10.4. The van der Waals surface area contributed by atoms with E-state index in [4.69, 9.17) is 10.5 Å². The van der Waals surface area contributed by atoms with E-state index >= 15 is 0 Å². The highest BCUT2D eigenvalue weighted by Gasteiger charge is 2.28. The van der Waals surface area contributed by atoms with Gasteiger partial charge < -0.3 is 15.8 Å². The number of rotatable bonds is 9. The van der Waals surface area contributed by atoms with E-state index in [0.29, 0.717) is 17.6 Å². The van der Waals surface area contributed by atoms with Gasteiger partial charge in [-0.3, -0.25) is 9.48 Å². The average molecular weight is 517 g/mol. The topological polar surface area (TPSA) is 125 Å². The van der Waals surface area contributed by atoms with Crippen LogP contribution >= 0.6 is 0 Å². The minimum Gasteiger partial charge on any atom is -0.468 e. The lowest BCUT2D eigenvalue weighted by Gasteiger charge is -2.16. The number of nitrogens with zero attached hydrogens (tertiary/aromatic N) is 6. The quantitative estimate of drug-likeness (QED) is 0.344. The SMILES string of the molecule is CCC(c1ccc(OCC(F)(F)F)nc1)n1cc(-c2cc(C(=O)N[C@@H](C)CC)n3nc(N)nc3c2)cn1. The average Bonchev–Trinajstić information content (AvgIpc) is 3.49. The Morgan fingerprint density at radius 2 is 1.95 bits per heavy atom. The van der Waals surface area contributed by atoms with Crippen molar-refractivity contribution in [2.45, 2.75) is 51.9 Å². The molecule has 37 heavy (non-hydrogen) atoms. The van der Waals surface area contributed by atoms with Crippen molar-refractivity contribution in [2.24, 2.45) is 0 Å². The van der Waals surface area contributed by atoms with E-state index in [1.54, 1.807) is 29.1 Å². The second-order valence-corrected chi connectivity index (χ2v) is 8.62. The van der Waals surface area contributed by atoms with Crippen LogP contribution in [0.1, 0.15) is 55.7 Å². The Hall–Kier alpha value is -4.16. The summed E-state index contributed by atoms with van der Waals surface area (Å²) in [6.07, 6.45) is 1.94. The van der Waals surface area contributed by atoms with Crippen molar-refractivity contribution >= 4 is 17.5 Å². The van der Waals surface area contributed by atoms with Crippen molar-refractivity contribution in [3.8, 4) is 17.0 Å². The number of ether oxygens (including phenoxy) is 1. The third kappa shape index (κ3) is 5.98. The number of carbonyl (C=O) groups excluding carboxylic acids is 1. The molecular formula is C24H27F3N8O2. The molecule has 3 N–H and O–H groups in total. The standard InChI is InChI=1S/C24H27F3N8O2/c1-4-14(3)31-22(36)19-8-16(9-20-32-23(28)33-35(19)20)17-11-30-34(12-17)18(5-2)15-6-7-21(29-10-15)37-13-24(25,26)27/h6-12,14,18H,4-5,13H2,1-3H3,(H2,28,33)(H,31,36)/t14-,18?/m0/s1. The van der Waals surface area contributed by atoms with Gasteiger partial charge in [0.1, 0.15) is 5.69 Å². The zero-order valence-corrected chi connectivity index (χ0v) is 20.5. The van der Waals surface area contributed by atoms with E-state index < -0.39 is 12.8 Å². The van der Waals surface area contributed by atoms with Crippen LogP contribution in [-0.2, 0) is 0 Å². The van der Waals surface area contributed by atoms with Crippen LogP contribution in [0, 0.1) is 0 Å². The Kier molecular flexibility index (Phi) is 7.32. The van der Waals surface area contributed by atoms with Crippen molar-refractivity contribution in [1.29, 1.82) is 0 Å². The minimum atomic E-state index is -4.44. The van der Waals surface area contributed by atoms with Gasteiger partial charge in [-0.05, 0) is 49.1 Å². The van der Waals surface area contributed by atoms with Crippen LogP contribution in [0.4, 0.5) is 19.1 Å². The summed E-state index contributed by atoms with van der Waals surface area (Å²) in [6, 6.07) is 6.28. The van der Waals surface area contributed by atoms with Crippen molar-refractivity contribution in [3.05, 3.63) is 54.1 Å². The summed E-state index contributed by atoms with van der Waals surface area (Å²) in [4.78, 5) is 21.2. The summed E-state index contributed by atoms with van der Waals surface area (Å²) in [6.45, 7) is 4.44. The molecule has 0 saturated carbocycles. The van der Waals surface area contributed by atoms with Gasteiger partial charge in [-0.1, -0.05) is 13.8 Å². The molecule has 0 bridgehead atoms. The normalized spacial score (nSPS) is 13.5. The molecule has 0 aliphatic rings. The van der Waals surface area contributed by atoms with Crippen LogP contribution in [0.5, 0.6) is 5.88 Å². The summed E-state index contributed by atoms with van der Waals surface area (Å²) >= 11 is 0. The molecule has 0 aliphatic heterocycles. The number of nitrogens with two attached hydrogens (primary N) is 1. The van der Waals surface area contributed by atoms with Crippen LogP contribution in [0.2, 0.25) is 0 Å². The number of hydrogen-bond acceptors (Lipinski definition) is 7. The monoisotopic (exact) mass is 516 g/mol. The number of hydrogen-bond donors (Lipinski definition) is 2. The van der Waals surface area contributed by atoms with Crippen LogP contribution in [0.25, 0.3) is 16.8 Å². The molecule has 4 aromatic rings. The van der Waals surface area contributed by atoms with E-state index in [9.17, 15) is 18.0 Å². The number of carbonyl (C=O) groups is 1. The van der Waals surface area contributed by atoms with Gasteiger partial charge in [0, 0.05) is 30.1 Å². The number of alkyl halides is 3. The third-order valence-corrected chi connectivity index (χ3v) is 5.84. The summed E-state index contributed by atoms with van der Waals surface area (Å²) < 4.78 is 45.0. The van der Waals surface area contributed by atoms with E-state index in [-0.39, 0.29) is 35.5 Å². The number of anilines is 1. The Bertz CT molecular complexity index is 1380. The zero-order valence-electron chi connectivity index (χ0n) is 20.5. The van der Waals surface area contributed by atoms with Crippen LogP contribution < -0.4 is 15.8 Å². The van der Waals surface area contributed by atoms with Crippen molar-refractivity contribution in [3.63, 3.8) is 0 Å². The molecule has 0 saturated heterocycles. The summed E-state index contributed by atoms with van der Waals surface area (Å²) in [7, 11) is 0. The molecule has 1 unspecified atom stereocenters. The smallest absolute Gasteiger partial charge is 0.422 e. The molecule has 0 aliphatic carbocycles. The first-order valence-electron chi connectivity index (χ1n) is 11.7. The Labute approximate surface area is 210 Å². The molecule has 4 rings (SSSR count). The molecule has 1 amide bonds. The predicted molar refractivity (Wildman–Crippen MR) is 130 cm³/mol. The number of fused-ring (bicyclic) bond motifs is 1. The van der Waals surface area contributed by atoms with Gasteiger partial charge in [-0.2, -0.15) is 23.3 Å². The van der Waals surface area contributed by atoms with E-state index in [2.05, 4.69) is 25.5 Å². The van der Waals surface area contributed by atoms with E-state index in [1.807, 2.05) is 27.0 Å². The highest BCUT2D eigenvalue weighted by Crippen LogP contribution is 2.27. The lowest BCUT2D eigenvalue weighted by molar-refractivity contribution is -0.154. The number of aromatic nitrogens is 6. The van der Waals surface area contributed by atoms with Gasteiger partial charge in [0.25, 0.3) is 5.91 Å². The lowest BCUT2D eigenvalue weighted by Crippen LogP contribution is -2.33. The Balaban J connectivity index is 1.62. The maximum absolute atomic E-state index is 13.0. The fourth-order valence-electron chi connectivity index (χ4n) is 3.79. The minimum absolute atomic E-state index is 0.0287. The zero-order chi connectivity index (χ0) is 26.7. The molecule has 4 aromatic heterocycles. The molecule has 0 radical (unpaired) electrons. The van der Waals surface area contributed by atoms with E-state index in [0.717, 1.165) is 17.5 Å². The molecule has 0 aromatic carbocycles. The first-order valence-corrected chi connectivity index (χ1v) is 11.7. The number of pyridine rings is 2. The van der Waals surface area contributed by atoms with Gasteiger partial charge in [0.05, 0.1) is 12.2 Å². The Morgan fingerprint density at radius 1 is 1.16 bits per heavy atom. The molecule has 2 atom stereocenters. The number of nitrogen functional groups attached to an aromatic ring is 1. The first kappa shape index (κ1) is 25.9. The van der Waals surface area contributed by atoms with Crippen LogP contribution in [0.15, 0.2) is 42.9 Å². The largest absolute Gasteiger partial charge is 0.468 e. The molecule has 10 nitrogen and oxygen atoms in total. The van der Waals surface area contributed by atoms with Gasteiger partial charge in [0.15, 0.2) is 12.3 Å². The number of halogens is 3. The number of amides is 1. The molecule has 4 heterocycles. The third-order valence-electron chi connectivity index (χ3n) is 5.84. The van der Waals surface area contributed by atoms with Crippen molar-refractivity contribution < 1.29 is 22.7 Å². The molecule has 0 spiro atoms. The predicted octanol–water partition coefficient (Wildman–Crippen LogP) is 4.04. The molecule has 196 valence electrons. The van der Waals surface area contributed by atoms with Crippen molar-refractivity contribution in [2.75, 3.05) is 12.3 Å². The van der Waals surface area contributed by atoms with Crippen LogP contribution in [0.3, 0.4) is 0 Å². The molecule has 13 heteroatoms. The molecule has 0 fully saturated rings.